The van der Waals surface area contributed by atoms with Crippen LogP contribution in [-0.2, 0) is 11.3 Å². The molecule has 1 N–H and O–H groups in total. The third kappa shape index (κ3) is 2.85. The van der Waals surface area contributed by atoms with Crippen molar-refractivity contribution in [3.05, 3.63) is 23.8 Å². The third-order valence-corrected chi connectivity index (χ3v) is 3.66. The average Bonchev–Trinajstić information content (AvgIpc) is 2.38. The summed E-state index contributed by atoms with van der Waals surface area (Å²) in [7, 11) is 0. The summed E-state index contributed by atoms with van der Waals surface area (Å²) in [4.78, 5) is 2.44. The maximum atomic E-state index is 5.83. The number of fused-ring (bicyclic) bond motifs is 1. The Morgan fingerprint density at radius 1 is 1.32 bits per heavy atom. The highest BCUT2D eigenvalue weighted by molar-refractivity contribution is 5.61. The molecule has 3 rings (SSSR count). The van der Waals surface area contributed by atoms with Gasteiger partial charge in [0.2, 0.25) is 0 Å². The van der Waals surface area contributed by atoms with Crippen LogP contribution in [0, 0.1) is 0 Å². The summed E-state index contributed by atoms with van der Waals surface area (Å²) in [6.07, 6.45) is 0. The minimum atomic E-state index is -0.0494. The van der Waals surface area contributed by atoms with Gasteiger partial charge in [-0.25, -0.2) is 0 Å². The van der Waals surface area contributed by atoms with Gasteiger partial charge in [0.25, 0.3) is 0 Å². The van der Waals surface area contributed by atoms with Crippen LogP contribution in [0.2, 0.25) is 0 Å². The van der Waals surface area contributed by atoms with Crippen molar-refractivity contribution in [1.82, 2.24) is 4.90 Å². The lowest BCUT2D eigenvalue weighted by molar-refractivity contribution is -0.0883. The summed E-state index contributed by atoms with van der Waals surface area (Å²) >= 11 is 0. The van der Waals surface area contributed by atoms with Crippen molar-refractivity contribution in [1.29, 1.82) is 0 Å². The standard InChI is InChI=1S/C15H22N2O2/c1-15(2)11-17(7-9-19-15)10-12-4-3-5-13-14(12)18-8-6-16-13/h3-5,16H,6-11H2,1-2H3. The first-order valence-corrected chi connectivity index (χ1v) is 6.99. The second-order valence-electron chi connectivity index (χ2n) is 5.89. The summed E-state index contributed by atoms with van der Waals surface area (Å²) in [6.45, 7) is 9.62. The monoisotopic (exact) mass is 262 g/mol. The molecule has 0 saturated carbocycles. The molecule has 2 aliphatic heterocycles. The summed E-state index contributed by atoms with van der Waals surface area (Å²) < 4.78 is 11.6. The molecule has 0 bridgehead atoms. The highest BCUT2D eigenvalue weighted by Crippen LogP contribution is 2.32. The summed E-state index contributed by atoms with van der Waals surface area (Å²) in [5, 5.41) is 3.39. The van der Waals surface area contributed by atoms with Crippen molar-refractivity contribution >= 4 is 5.69 Å². The van der Waals surface area contributed by atoms with E-state index in [1.807, 2.05) is 0 Å². The molecule has 0 aliphatic carbocycles. The fraction of sp³-hybridized carbons (Fsp3) is 0.600. The number of morpholine rings is 1. The lowest BCUT2D eigenvalue weighted by Gasteiger charge is -2.38. The molecule has 1 aromatic carbocycles. The zero-order valence-corrected chi connectivity index (χ0v) is 11.7. The number of hydrogen-bond donors (Lipinski definition) is 1. The summed E-state index contributed by atoms with van der Waals surface area (Å²) in [5.74, 6) is 1.03. The Labute approximate surface area is 114 Å². The smallest absolute Gasteiger partial charge is 0.146 e. The lowest BCUT2D eigenvalue weighted by atomic mass is 10.1. The molecule has 104 valence electrons. The number of ether oxygens (including phenoxy) is 2. The Hall–Kier alpha value is -1.26. The van der Waals surface area contributed by atoms with Crippen molar-refractivity contribution in [2.75, 3.05) is 38.2 Å². The van der Waals surface area contributed by atoms with Gasteiger partial charge in [-0.15, -0.1) is 0 Å². The van der Waals surface area contributed by atoms with Crippen LogP contribution in [-0.4, -0.2) is 43.3 Å². The second kappa shape index (κ2) is 5.02. The maximum absolute atomic E-state index is 5.83. The van der Waals surface area contributed by atoms with E-state index >= 15 is 0 Å². The molecule has 1 fully saturated rings. The van der Waals surface area contributed by atoms with Gasteiger partial charge in [0.05, 0.1) is 17.9 Å². The molecule has 4 heteroatoms. The van der Waals surface area contributed by atoms with Gasteiger partial charge in [0, 0.05) is 31.7 Å². The van der Waals surface area contributed by atoms with Crippen LogP contribution >= 0.6 is 0 Å². The molecule has 19 heavy (non-hydrogen) atoms. The van der Waals surface area contributed by atoms with Crippen LogP contribution in [0.3, 0.4) is 0 Å². The Kier molecular flexibility index (Phi) is 3.37. The van der Waals surface area contributed by atoms with Crippen LogP contribution in [0.1, 0.15) is 19.4 Å². The predicted octanol–water partition coefficient (Wildman–Crippen LogP) is 2.10. The lowest BCUT2D eigenvalue weighted by Crippen LogP contribution is -2.47. The minimum absolute atomic E-state index is 0.0494. The van der Waals surface area contributed by atoms with Crippen molar-refractivity contribution in [3.8, 4) is 5.75 Å². The molecule has 0 amide bonds. The topological polar surface area (TPSA) is 33.7 Å². The second-order valence-corrected chi connectivity index (χ2v) is 5.89. The van der Waals surface area contributed by atoms with Crippen molar-refractivity contribution in [2.45, 2.75) is 26.0 Å². The van der Waals surface area contributed by atoms with Gasteiger partial charge >= 0.3 is 0 Å². The molecule has 0 unspecified atom stereocenters. The molecular formula is C15H22N2O2. The molecular weight excluding hydrogens is 240 g/mol. The number of nitrogens with one attached hydrogen (secondary N) is 1. The molecule has 1 saturated heterocycles. The Balaban J connectivity index is 1.76. The van der Waals surface area contributed by atoms with Gasteiger partial charge in [0.15, 0.2) is 0 Å². The van der Waals surface area contributed by atoms with Crippen molar-refractivity contribution in [3.63, 3.8) is 0 Å². The molecule has 0 radical (unpaired) electrons. The SMILES string of the molecule is CC1(C)CN(Cc2cccc3c2OCCN3)CCO1. The zero-order chi connectivity index (χ0) is 13.3. The third-order valence-electron chi connectivity index (χ3n) is 3.66. The Morgan fingerprint density at radius 3 is 3.05 bits per heavy atom. The molecule has 4 nitrogen and oxygen atoms in total. The predicted molar refractivity (Wildman–Crippen MR) is 75.7 cm³/mol. The van der Waals surface area contributed by atoms with Crippen molar-refractivity contribution < 1.29 is 9.47 Å². The number of anilines is 1. The van der Waals surface area contributed by atoms with E-state index in [0.717, 1.165) is 50.8 Å². The fourth-order valence-electron chi connectivity index (χ4n) is 2.85. The summed E-state index contributed by atoms with van der Waals surface area (Å²) in [5.41, 5.74) is 2.34. The number of benzene rings is 1. The number of hydrogen-bond acceptors (Lipinski definition) is 4. The molecule has 1 aromatic rings. The van der Waals surface area contributed by atoms with E-state index in [1.165, 1.54) is 5.56 Å². The van der Waals surface area contributed by atoms with E-state index in [2.05, 4.69) is 42.3 Å². The highest BCUT2D eigenvalue weighted by Gasteiger charge is 2.28. The fourth-order valence-corrected chi connectivity index (χ4v) is 2.85. The van der Waals surface area contributed by atoms with Gasteiger partial charge in [-0.1, -0.05) is 12.1 Å². The Bertz CT molecular complexity index is 459. The number of para-hydroxylation sites is 1. The molecule has 0 atom stereocenters. The first-order valence-electron chi connectivity index (χ1n) is 6.99. The first-order chi connectivity index (χ1) is 9.14. The van der Waals surface area contributed by atoms with E-state index in [1.54, 1.807) is 0 Å². The van der Waals surface area contributed by atoms with Gasteiger partial charge in [-0.3, -0.25) is 4.90 Å². The van der Waals surface area contributed by atoms with E-state index in [9.17, 15) is 0 Å². The molecule has 2 aliphatic rings. The average molecular weight is 262 g/mol. The molecule has 0 spiro atoms. The van der Waals surface area contributed by atoms with Gasteiger partial charge < -0.3 is 14.8 Å². The Morgan fingerprint density at radius 2 is 2.21 bits per heavy atom. The van der Waals surface area contributed by atoms with Gasteiger partial charge in [-0.2, -0.15) is 0 Å². The van der Waals surface area contributed by atoms with Crippen LogP contribution < -0.4 is 10.1 Å². The van der Waals surface area contributed by atoms with E-state index in [4.69, 9.17) is 9.47 Å². The summed E-state index contributed by atoms with van der Waals surface area (Å²) in [6, 6.07) is 6.34. The normalized spacial score (nSPS) is 22.2. The zero-order valence-electron chi connectivity index (χ0n) is 11.7. The van der Waals surface area contributed by atoms with Crippen LogP contribution in [0.15, 0.2) is 18.2 Å². The largest absolute Gasteiger partial charge is 0.489 e. The van der Waals surface area contributed by atoms with Crippen LogP contribution in [0.4, 0.5) is 5.69 Å². The number of rotatable bonds is 2. The number of nitrogens with zero attached hydrogens (tertiary/aromatic N) is 1. The van der Waals surface area contributed by atoms with Crippen LogP contribution in [0.5, 0.6) is 5.75 Å². The minimum Gasteiger partial charge on any atom is -0.489 e. The first kappa shape index (κ1) is 12.8. The maximum Gasteiger partial charge on any atom is 0.146 e. The van der Waals surface area contributed by atoms with Crippen molar-refractivity contribution in [2.24, 2.45) is 0 Å². The van der Waals surface area contributed by atoms with E-state index in [-0.39, 0.29) is 5.60 Å². The highest BCUT2D eigenvalue weighted by atomic mass is 16.5. The van der Waals surface area contributed by atoms with E-state index < -0.39 is 0 Å². The molecule has 0 aromatic heterocycles. The van der Waals surface area contributed by atoms with E-state index in [0.29, 0.717) is 0 Å². The van der Waals surface area contributed by atoms with Gasteiger partial charge in [0.1, 0.15) is 12.4 Å². The quantitative estimate of drug-likeness (QED) is 0.885. The van der Waals surface area contributed by atoms with Gasteiger partial charge in [-0.05, 0) is 19.9 Å². The molecule has 2 heterocycles. The van der Waals surface area contributed by atoms with Crippen LogP contribution in [0.25, 0.3) is 0 Å².